The van der Waals surface area contributed by atoms with Crippen molar-refractivity contribution in [2.24, 2.45) is 0 Å². The second kappa shape index (κ2) is 5.77. The average molecular weight is 371 g/mol. The van der Waals surface area contributed by atoms with Crippen molar-refractivity contribution in [1.82, 2.24) is 19.7 Å². The first-order chi connectivity index (χ1) is 12.7. The third-order valence-electron chi connectivity index (χ3n) is 4.33. The number of nitrogens with one attached hydrogen (secondary N) is 2. The van der Waals surface area contributed by atoms with Crippen LogP contribution in [0.25, 0.3) is 11.0 Å². The minimum atomic E-state index is -0.247. The summed E-state index contributed by atoms with van der Waals surface area (Å²) in [4.78, 5) is 29.5. The van der Waals surface area contributed by atoms with E-state index in [9.17, 15) is 9.59 Å². The number of aromatic amines is 1. The van der Waals surface area contributed by atoms with E-state index >= 15 is 0 Å². The topological polar surface area (TPSA) is 111 Å². The van der Waals surface area contributed by atoms with Crippen molar-refractivity contribution < 1.29 is 14.3 Å². The van der Waals surface area contributed by atoms with Crippen LogP contribution in [0.2, 0.25) is 0 Å². The number of carbonyl (C=O) groups excluding carboxylic acids is 1. The molecule has 4 heterocycles. The monoisotopic (exact) mass is 371 g/mol. The van der Waals surface area contributed by atoms with Gasteiger partial charge in [0.1, 0.15) is 5.39 Å². The number of anilines is 1. The predicted octanol–water partition coefficient (Wildman–Crippen LogP) is 1.52. The highest BCUT2D eigenvalue weighted by molar-refractivity contribution is 7.99. The van der Waals surface area contributed by atoms with E-state index in [-0.39, 0.29) is 30.7 Å². The van der Waals surface area contributed by atoms with Crippen molar-refractivity contribution in [2.75, 3.05) is 17.9 Å². The standard InChI is InChI=1S/C16H13N5O4S/c22-13(18-8-1-2-11-12(3-8)25-7-24-11)4-9-6-26-16-19-14-10(5-17-20-14)15(23)21(9)16/h1-3,5,9H,4,6-7H2,(H,17,20)(H,18,22). The van der Waals surface area contributed by atoms with Gasteiger partial charge in [-0.1, -0.05) is 11.8 Å². The first-order valence-corrected chi connectivity index (χ1v) is 8.95. The van der Waals surface area contributed by atoms with Crippen molar-refractivity contribution in [3.8, 4) is 11.5 Å². The lowest BCUT2D eigenvalue weighted by atomic mass is 10.2. The molecule has 2 N–H and O–H groups in total. The zero-order valence-corrected chi connectivity index (χ0v) is 14.2. The zero-order chi connectivity index (χ0) is 17.7. The van der Waals surface area contributed by atoms with E-state index in [4.69, 9.17) is 9.47 Å². The molecule has 1 amide bonds. The lowest BCUT2D eigenvalue weighted by Gasteiger charge is -2.13. The summed E-state index contributed by atoms with van der Waals surface area (Å²) in [5.41, 5.74) is 0.921. The van der Waals surface area contributed by atoms with Crippen LogP contribution in [-0.4, -0.2) is 38.2 Å². The Labute approximate surface area is 150 Å². The molecule has 2 aromatic heterocycles. The molecule has 0 spiro atoms. The Morgan fingerprint density at radius 1 is 1.38 bits per heavy atom. The smallest absolute Gasteiger partial charge is 0.265 e. The molecule has 0 saturated heterocycles. The van der Waals surface area contributed by atoms with Gasteiger partial charge >= 0.3 is 0 Å². The van der Waals surface area contributed by atoms with E-state index in [1.807, 2.05) is 0 Å². The number of fused-ring (bicyclic) bond motifs is 3. The summed E-state index contributed by atoms with van der Waals surface area (Å²) in [5, 5.41) is 10.4. The van der Waals surface area contributed by atoms with Gasteiger partial charge in [0.25, 0.3) is 5.56 Å². The molecular formula is C16H13N5O4S. The van der Waals surface area contributed by atoms with Crippen LogP contribution in [0.15, 0.2) is 34.3 Å². The Morgan fingerprint density at radius 2 is 2.27 bits per heavy atom. The molecule has 5 rings (SSSR count). The van der Waals surface area contributed by atoms with Crippen LogP contribution < -0.4 is 20.3 Å². The van der Waals surface area contributed by atoms with Crippen molar-refractivity contribution >= 4 is 34.4 Å². The number of hydrogen-bond donors (Lipinski definition) is 2. The minimum absolute atomic E-state index is 0.176. The van der Waals surface area contributed by atoms with Crippen LogP contribution in [0.4, 0.5) is 5.69 Å². The SMILES string of the molecule is O=C(CC1CSc2nc3[nH]ncc3c(=O)n21)Nc1ccc2c(c1)OCO2. The van der Waals surface area contributed by atoms with Gasteiger partial charge < -0.3 is 14.8 Å². The number of benzene rings is 1. The molecule has 3 aromatic rings. The van der Waals surface area contributed by atoms with Crippen LogP contribution >= 0.6 is 11.8 Å². The second-order valence-corrected chi connectivity index (χ2v) is 6.97. The number of aromatic nitrogens is 4. The third-order valence-corrected chi connectivity index (χ3v) is 5.43. The molecule has 0 radical (unpaired) electrons. The number of rotatable bonds is 3. The second-order valence-electron chi connectivity index (χ2n) is 5.99. The summed E-state index contributed by atoms with van der Waals surface area (Å²) >= 11 is 1.46. The number of thioether (sulfide) groups is 1. The molecule has 1 atom stereocenters. The summed E-state index contributed by atoms with van der Waals surface area (Å²) in [5.74, 6) is 1.70. The van der Waals surface area contributed by atoms with Crippen molar-refractivity contribution in [3.63, 3.8) is 0 Å². The molecule has 0 aliphatic carbocycles. The maximum atomic E-state index is 12.6. The molecule has 0 fully saturated rings. The summed E-state index contributed by atoms with van der Waals surface area (Å²) in [6.07, 6.45) is 1.64. The van der Waals surface area contributed by atoms with Gasteiger partial charge in [0.2, 0.25) is 12.7 Å². The number of hydrogen-bond acceptors (Lipinski definition) is 7. The first-order valence-electron chi connectivity index (χ1n) is 7.97. The molecule has 2 aliphatic heterocycles. The average Bonchev–Trinajstić information content (AvgIpc) is 3.34. The van der Waals surface area contributed by atoms with Crippen LogP contribution in [0.5, 0.6) is 11.5 Å². The number of H-pyrrole nitrogens is 1. The molecule has 1 unspecified atom stereocenters. The number of ether oxygens (including phenoxy) is 2. The summed E-state index contributed by atoms with van der Waals surface area (Å²) in [7, 11) is 0. The molecule has 0 saturated carbocycles. The summed E-state index contributed by atoms with van der Waals surface area (Å²) in [6, 6.07) is 4.98. The van der Waals surface area contributed by atoms with Gasteiger partial charge in [0.05, 0.1) is 12.2 Å². The molecule has 10 heteroatoms. The van der Waals surface area contributed by atoms with E-state index in [0.29, 0.717) is 39.1 Å². The Balaban J connectivity index is 1.36. The van der Waals surface area contributed by atoms with Crippen molar-refractivity contribution in [2.45, 2.75) is 17.6 Å². The van der Waals surface area contributed by atoms with Crippen molar-refractivity contribution in [1.29, 1.82) is 0 Å². The van der Waals surface area contributed by atoms with Gasteiger partial charge in [0.15, 0.2) is 22.3 Å². The Hall–Kier alpha value is -3.01. The quantitative estimate of drug-likeness (QED) is 0.672. The third kappa shape index (κ3) is 2.41. The largest absolute Gasteiger partial charge is 0.454 e. The van der Waals surface area contributed by atoms with Crippen LogP contribution in [0.1, 0.15) is 12.5 Å². The fraction of sp³-hybridized carbons (Fsp3) is 0.250. The number of carbonyl (C=O) groups is 1. The highest BCUT2D eigenvalue weighted by Gasteiger charge is 2.29. The molecule has 132 valence electrons. The molecule has 9 nitrogen and oxygen atoms in total. The Morgan fingerprint density at radius 3 is 3.19 bits per heavy atom. The highest BCUT2D eigenvalue weighted by Crippen LogP contribution is 2.35. The summed E-state index contributed by atoms with van der Waals surface area (Å²) in [6.45, 7) is 0.182. The van der Waals surface area contributed by atoms with E-state index in [1.54, 1.807) is 22.8 Å². The predicted molar refractivity (Wildman–Crippen MR) is 93.7 cm³/mol. The van der Waals surface area contributed by atoms with Crippen molar-refractivity contribution in [3.05, 3.63) is 34.7 Å². The first kappa shape index (κ1) is 15.3. The lowest BCUT2D eigenvalue weighted by Crippen LogP contribution is -2.27. The van der Waals surface area contributed by atoms with E-state index in [0.717, 1.165) is 0 Å². The Kier molecular flexibility index (Phi) is 3.38. The maximum absolute atomic E-state index is 12.6. The highest BCUT2D eigenvalue weighted by atomic mass is 32.2. The van der Waals surface area contributed by atoms with Crippen LogP contribution in [0.3, 0.4) is 0 Å². The van der Waals surface area contributed by atoms with E-state index in [1.165, 1.54) is 18.0 Å². The number of nitrogens with zero attached hydrogens (tertiary/aromatic N) is 3. The van der Waals surface area contributed by atoms with Gasteiger partial charge in [-0.3, -0.25) is 19.3 Å². The number of amides is 1. The minimum Gasteiger partial charge on any atom is -0.454 e. The summed E-state index contributed by atoms with van der Waals surface area (Å²) < 4.78 is 12.2. The van der Waals surface area contributed by atoms with Gasteiger partial charge in [-0.05, 0) is 12.1 Å². The Bertz CT molecular complexity index is 1090. The molecule has 2 aliphatic rings. The van der Waals surface area contributed by atoms with Crippen LogP contribution in [0, 0.1) is 0 Å². The molecule has 0 bridgehead atoms. The lowest BCUT2D eigenvalue weighted by molar-refractivity contribution is -0.116. The van der Waals surface area contributed by atoms with E-state index < -0.39 is 0 Å². The fourth-order valence-electron chi connectivity index (χ4n) is 3.11. The molecular weight excluding hydrogens is 358 g/mol. The van der Waals surface area contributed by atoms with E-state index in [2.05, 4.69) is 20.5 Å². The molecule has 26 heavy (non-hydrogen) atoms. The van der Waals surface area contributed by atoms with Gasteiger partial charge in [-0.15, -0.1) is 0 Å². The van der Waals surface area contributed by atoms with Gasteiger partial charge in [0, 0.05) is 23.9 Å². The van der Waals surface area contributed by atoms with Crippen LogP contribution in [-0.2, 0) is 4.79 Å². The normalized spacial score (nSPS) is 17.5. The maximum Gasteiger partial charge on any atom is 0.265 e. The van der Waals surface area contributed by atoms with Gasteiger partial charge in [-0.25, -0.2) is 4.98 Å². The van der Waals surface area contributed by atoms with Gasteiger partial charge in [-0.2, -0.15) is 5.10 Å². The molecule has 1 aromatic carbocycles. The zero-order valence-electron chi connectivity index (χ0n) is 13.4. The fourth-order valence-corrected chi connectivity index (χ4v) is 4.24.